The number of rotatable bonds is 2. The van der Waals surface area contributed by atoms with Gasteiger partial charge < -0.3 is 10.5 Å². The van der Waals surface area contributed by atoms with Crippen LogP contribution in [0.2, 0.25) is 0 Å². The maximum Gasteiger partial charge on any atom is 0.147 e. The van der Waals surface area contributed by atoms with Crippen LogP contribution in [0.15, 0.2) is 41.1 Å². The first-order valence-corrected chi connectivity index (χ1v) is 5.28. The molecule has 16 heavy (non-hydrogen) atoms. The van der Waals surface area contributed by atoms with E-state index >= 15 is 0 Å². The van der Waals surface area contributed by atoms with Gasteiger partial charge in [0, 0.05) is 6.07 Å². The van der Waals surface area contributed by atoms with Gasteiger partial charge in [-0.25, -0.2) is 4.39 Å². The minimum Gasteiger partial charge on any atom is -0.456 e. The molecule has 0 radical (unpaired) electrons. The summed E-state index contributed by atoms with van der Waals surface area (Å²) in [5.41, 5.74) is 6.07. The van der Waals surface area contributed by atoms with Crippen LogP contribution in [0.5, 0.6) is 11.5 Å². The van der Waals surface area contributed by atoms with E-state index in [0.717, 1.165) is 0 Å². The quantitative estimate of drug-likeness (QED) is 0.919. The average molecular weight is 283 g/mol. The van der Waals surface area contributed by atoms with E-state index in [9.17, 15) is 4.39 Å². The van der Waals surface area contributed by atoms with Crippen molar-refractivity contribution in [1.82, 2.24) is 4.98 Å². The van der Waals surface area contributed by atoms with Gasteiger partial charge in [0.05, 0.1) is 22.6 Å². The molecule has 0 amide bonds. The summed E-state index contributed by atoms with van der Waals surface area (Å²) in [5, 5.41) is 0. The Morgan fingerprint density at radius 3 is 2.69 bits per heavy atom. The first-order valence-electron chi connectivity index (χ1n) is 4.48. The third-order valence-electron chi connectivity index (χ3n) is 1.86. The number of hydrogen-bond donors (Lipinski definition) is 1. The molecular formula is C11H8BrFN2O. The van der Waals surface area contributed by atoms with Gasteiger partial charge in [0.1, 0.15) is 17.3 Å². The molecular weight excluding hydrogens is 275 g/mol. The highest BCUT2D eigenvalue weighted by atomic mass is 79.9. The summed E-state index contributed by atoms with van der Waals surface area (Å²) < 4.78 is 18.8. The number of nitrogens with zero attached hydrogens (tertiary/aromatic N) is 1. The molecule has 2 aromatic rings. The molecule has 82 valence electrons. The number of ether oxygens (including phenoxy) is 1. The van der Waals surface area contributed by atoms with Crippen molar-refractivity contribution >= 4 is 21.6 Å². The van der Waals surface area contributed by atoms with E-state index < -0.39 is 0 Å². The predicted octanol–water partition coefficient (Wildman–Crippen LogP) is 3.36. The zero-order valence-electron chi connectivity index (χ0n) is 8.15. The monoisotopic (exact) mass is 282 g/mol. The summed E-state index contributed by atoms with van der Waals surface area (Å²) in [4.78, 5) is 3.88. The molecule has 1 aromatic carbocycles. The highest BCUT2D eigenvalue weighted by Gasteiger charge is 2.02. The van der Waals surface area contributed by atoms with Gasteiger partial charge in [-0.15, -0.1) is 0 Å². The molecule has 0 saturated heterocycles. The number of benzene rings is 1. The fourth-order valence-electron chi connectivity index (χ4n) is 1.17. The van der Waals surface area contributed by atoms with Crippen molar-refractivity contribution in [3.8, 4) is 11.5 Å². The summed E-state index contributed by atoms with van der Waals surface area (Å²) in [5.74, 6) is 0.692. The van der Waals surface area contributed by atoms with E-state index in [1.165, 1.54) is 24.5 Å². The molecule has 0 atom stereocenters. The van der Waals surface area contributed by atoms with Gasteiger partial charge in [-0.1, -0.05) is 0 Å². The van der Waals surface area contributed by atoms with Crippen LogP contribution < -0.4 is 10.5 Å². The van der Waals surface area contributed by atoms with Crippen LogP contribution in [-0.2, 0) is 0 Å². The topological polar surface area (TPSA) is 48.1 Å². The maximum absolute atomic E-state index is 13.0. The molecule has 3 nitrogen and oxygen atoms in total. The van der Waals surface area contributed by atoms with E-state index in [-0.39, 0.29) is 5.82 Å². The van der Waals surface area contributed by atoms with E-state index in [4.69, 9.17) is 10.5 Å². The van der Waals surface area contributed by atoms with Crippen molar-refractivity contribution in [2.24, 2.45) is 0 Å². The Bertz CT molecular complexity index is 519. The van der Waals surface area contributed by atoms with Crippen LogP contribution in [-0.4, -0.2) is 4.98 Å². The number of hydrogen-bond acceptors (Lipinski definition) is 3. The zero-order chi connectivity index (χ0) is 11.5. The lowest BCUT2D eigenvalue weighted by Gasteiger charge is -2.06. The molecule has 1 heterocycles. The lowest BCUT2D eigenvalue weighted by Crippen LogP contribution is -1.90. The van der Waals surface area contributed by atoms with E-state index in [1.807, 2.05) is 0 Å². The molecule has 2 N–H and O–H groups in total. The van der Waals surface area contributed by atoms with Gasteiger partial charge in [0.25, 0.3) is 0 Å². The summed E-state index contributed by atoms with van der Waals surface area (Å²) >= 11 is 3.08. The number of anilines is 1. The molecule has 2 rings (SSSR count). The second-order valence-electron chi connectivity index (χ2n) is 3.13. The van der Waals surface area contributed by atoms with Crippen molar-refractivity contribution in [3.05, 3.63) is 46.9 Å². The lowest BCUT2D eigenvalue weighted by atomic mass is 10.3. The number of halogens is 2. The first kappa shape index (κ1) is 10.9. The highest BCUT2D eigenvalue weighted by molar-refractivity contribution is 9.10. The normalized spacial score (nSPS) is 10.1. The van der Waals surface area contributed by atoms with Crippen molar-refractivity contribution < 1.29 is 9.13 Å². The molecule has 0 unspecified atom stereocenters. The highest BCUT2D eigenvalue weighted by Crippen LogP contribution is 2.26. The Kier molecular flexibility index (Phi) is 3.05. The second-order valence-corrected chi connectivity index (χ2v) is 3.99. The molecule has 0 aliphatic rings. The Hall–Kier alpha value is -1.62. The molecule has 5 heteroatoms. The first-order chi connectivity index (χ1) is 7.65. The fourth-order valence-corrected chi connectivity index (χ4v) is 1.53. The predicted molar refractivity (Wildman–Crippen MR) is 62.8 cm³/mol. The molecule has 0 spiro atoms. The number of aromatic nitrogens is 1. The Morgan fingerprint density at radius 1 is 1.19 bits per heavy atom. The number of nitrogens with two attached hydrogens (primary N) is 1. The SMILES string of the molecule is Nc1cncc(Oc2ccc(F)c(Br)c2)c1. The van der Waals surface area contributed by atoms with Crippen molar-refractivity contribution in [2.75, 3.05) is 5.73 Å². The Morgan fingerprint density at radius 2 is 2.00 bits per heavy atom. The molecule has 0 fully saturated rings. The number of pyridine rings is 1. The summed E-state index contributed by atoms with van der Waals surface area (Å²) in [6.45, 7) is 0. The van der Waals surface area contributed by atoms with E-state index in [1.54, 1.807) is 12.1 Å². The van der Waals surface area contributed by atoms with Gasteiger partial charge in [-0.05, 0) is 34.1 Å². The second kappa shape index (κ2) is 4.49. The molecule has 1 aromatic heterocycles. The van der Waals surface area contributed by atoms with Crippen LogP contribution in [0, 0.1) is 5.82 Å². The lowest BCUT2D eigenvalue weighted by molar-refractivity contribution is 0.478. The maximum atomic E-state index is 13.0. The number of nitrogen functional groups attached to an aromatic ring is 1. The average Bonchev–Trinajstić information content (AvgIpc) is 2.24. The third-order valence-corrected chi connectivity index (χ3v) is 2.47. The summed E-state index contributed by atoms with van der Waals surface area (Å²) in [6, 6.07) is 6.03. The molecule has 0 aliphatic heterocycles. The Labute approximate surface area is 100 Å². The minimum absolute atomic E-state index is 0.335. The van der Waals surface area contributed by atoms with Crippen molar-refractivity contribution in [1.29, 1.82) is 0 Å². The summed E-state index contributed by atoms with van der Waals surface area (Å²) in [7, 11) is 0. The van der Waals surface area contributed by atoms with Gasteiger partial charge >= 0.3 is 0 Å². The molecule has 0 saturated carbocycles. The van der Waals surface area contributed by atoms with Gasteiger partial charge in [-0.3, -0.25) is 4.98 Å². The standard InChI is InChI=1S/C11H8BrFN2O/c12-10-4-8(1-2-11(10)13)16-9-3-7(14)5-15-6-9/h1-6H,14H2. The third kappa shape index (κ3) is 2.49. The van der Waals surface area contributed by atoms with E-state index in [0.29, 0.717) is 21.7 Å². The van der Waals surface area contributed by atoms with Crippen molar-refractivity contribution in [2.45, 2.75) is 0 Å². The minimum atomic E-state index is -0.335. The smallest absolute Gasteiger partial charge is 0.147 e. The van der Waals surface area contributed by atoms with Crippen LogP contribution in [0.1, 0.15) is 0 Å². The van der Waals surface area contributed by atoms with Gasteiger partial charge in [-0.2, -0.15) is 0 Å². The molecule has 0 bridgehead atoms. The van der Waals surface area contributed by atoms with Gasteiger partial charge in [0.2, 0.25) is 0 Å². The summed E-state index contributed by atoms with van der Waals surface area (Å²) in [6.07, 6.45) is 3.06. The Balaban J connectivity index is 2.24. The largest absolute Gasteiger partial charge is 0.456 e. The fraction of sp³-hybridized carbons (Fsp3) is 0. The zero-order valence-corrected chi connectivity index (χ0v) is 9.74. The van der Waals surface area contributed by atoms with Crippen LogP contribution in [0.4, 0.5) is 10.1 Å². The van der Waals surface area contributed by atoms with Crippen LogP contribution in [0.25, 0.3) is 0 Å². The van der Waals surface area contributed by atoms with E-state index in [2.05, 4.69) is 20.9 Å². The van der Waals surface area contributed by atoms with Crippen LogP contribution in [0.3, 0.4) is 0 Å². The van der Waals surface area contributed by atoms with Crippen LogP contribution >= 0.6 is 15.9 Å². The van der Waals surface area contributed by atoms with Crippen molar-refractivity contribution in [3.63, 3.8) is 0 Å². The van der Waals surface area contributed by atoms with Gasteiger partial charge in [0.15, 0.2) is 0 Å². The molecule has 0 aliphatic carbocycles.